The lowest BCUT2D eigenvalue weighted by Gasteiger charge is -2.23. The van der Waals surface area contributed by atoms with Gasteiger partial charge in [0.05, 0.1) is 5.69 Å². The molecule has 1 aromatic heterocycles. The van der Waals surface area contributed by atoms with Gasteiger partial charge in [-0.25, -0.2) is 4.98 Å². The molecule has 2 atom stereocenters. The van der Waals surface area contributed by atoms with Crippen LogP contribution in [0, 0.1) is 0 Å². The van der Waals surface area contributed by atoms with Crippen LogP contribution in [0.15, 0.2) is 24.3 Å². The third-order valence-electron chi connectivity index (χ3n) is 4.98. The Kier molecular flexibility index (Phi) is 3.56. The van der Waals surface area contributed by atoms with Gasteiger partial charge < -0.3 is 5.32 Å². The quantitative estimate of drug-likeness (QED) is 0.898. The summed E-state index contributed by atoms with van der Waals surface area (Å²) in [6, 6.07) is 9.49. The second kappa shape index (κ2) is 5.54. The molecular weight excluding hydrogens is 276 g/mol. The molecule has 0 fully saturated rings. The summed E-state index contributed by atoms with van der Waals surface area (Å²) < 4.78 is 0. The van der Waals surface area contributed by atoms with E-state index in [9.17, 15) is 0 Å². The van der Waals surface area contributed by atoms with Crippen LogP contribution in [0.25, 0.3) is 0 Å². The summed E-state index contributed by atoms with van der Waals surface area (Å²) in [6.45, 7) is 0. The average Bonchev–Trinajstić information content (AvgIpc) is 2.98. The molecule has 2 aromatic rings. The fourth-order valence-electron chi connectivity index (χ4n) is 3.87. The third-order valence-corrected chi connectivity index (χ3v) is 6.31. The minimum absolute atomic E-state index is 0.527. The maximum absolute atomic E-state index is 5.05. The van der Waals surface area contributed by atoms with Crippen LogP contribution in [0.1, 0.15) is 64.3 Å². The molecule has 0 bridgehead atoms. The van der Waals surface area contributed by atoms with Crippen molar-refractivity contribution in [2.75, 3.05) is 7.05 Å². The van der Waals surface area contributed by atoms with Gasteiger partial charge in [-0.15, -0.1) is 11.3 Å². The minimum Gasteiger partial charge on any atom is -0.312 e. The SMILES string of the molecule is CNC1CCCc2nc(C3CCCc4ccccc43)sc21. The predicted octanol–water partition coefficient (Wildman–Crippen LogP) is 4.21. The number of rotatable bonds is 2. The first-order valence-corrected chi connectivity index (χ1v) is 8.93. The van der Waals surface area contributed by atoms with Crippen LogP contribution in [-0.4, -0.2) is 12.0 Å². The highest BCUT2D eigenvalue weighted by molar-refractivity contribution is 7.12. The van der Waals surface area contributed by atoms with E-state index in [1.54, 1.807) is 0 Å². The number of fused-ring (bicyclic) bond motifs is 2. The second-order valence-electron chi connectivity index (χ2n) is 6.24. The zero-order chi connectivity index (χ0) is 14.2. The van der Waals surface area contributed by atoms with Gasteiger partial charge >= 0.3 is 0 Å². The molecule has 0 radical (unpaired) electrons. The Bertz CT molecular complexity index is 646. The van der Waals surface area contributed by atoms with E-state index in [0.717, 1.165) is 0 Å². The van der Waals surface area contributed by atoms with Crippen LogP contribution in [0.5, 0.6) is 0 Å². The van der Waals surface area contributed by atoms with Gasteiger partial charge in [0.15, 0.2) is 0 Å². The second-order valence-corrected chi connectivity index (χ2v) is 7.30. The zero-order valence-corrected chi connectivity index (χ0v) is 13.4. The van der Waals surface area contributed by atoms with Crippen LogP contribution in [0.2, 0.25) is 0 Å². The molecule has 0 saturated heterocycles. The average molecular weight is 298 g/mol. The summed E-state index contributed by atoms with van der Waals surface area (Å²) in [7, 11) is 2.08. The van der Waals surface area contributed by atoms with Crippen molar-refractivity contribution in [3.05, 3.63) is 51.0 Å². The molecule has 1 heterocycles. The molecule has 0 saturated carbocycles. The molecule has 0 amide bonds. The van der Waals surface area contributed by atoms with Crippen molar-refractivity contribution < 1.29 is 0 Å². The lowest BCUT2D eigenvalue weighted by Crippen LogP contribution is -2.19. The smallest absolute Gasteiger partial charge is 0.101 e. The molecule has 0 spiro atoms. The number of nitrogens with zero attached hydrogens (tertiary/aromatic N) is 1. The number of aromatic nitrogens is 1. The topological polar surface area (TPSA) is 24.9 Å². The molecule has 1 N–H and O–H groups in total. The Morgan fingerprint density at radius 3 is 2.90 bits per heavy atom. The maximum Gasteiger partial charge on any atom is 0.101 e. The molecule has 3 heteroatoms. The van der Waals surface area contributed by atoms with Crippen molar-refractivity contribution in [2.24, 2.45) is 0 Å². The Hall–Kier alpha value is -1.19. The number of hydrogen-bond acceptors (Lipinski definition) is 3. The standard InChI is InChI=1S/C18H22N2S/c1-19-15-10-5-11-16-17(15)21-18(20-16)14-9-4-7-12-6-2-3-8-13(12)14/h2-3,6,8,14-15,19H,4-5,7,9-11H2,1H3. The number of aryl methyl sites for hydroxylation is 2. The van der Waals surface area contributed by atoms with Gasteiger partial charge in [-0.3, -0.25) is 0 Å². The largest absolute Gasteiger partial charge is 0.312 e. The van der Waals surface area contributed by atoms with E-state index in [1.807, 2.05) is 11.3 Å². The van der Waals surface area contributed by atoms with Crippen LogP contribution >= 0.6 is 11.3 Å². The monoisotopic (exact) mass is 298 g/mol. The van der Waals surface area contributed by atoms with Crippen molar-refractivity contribution in [3.63, 3.8) is 0 Å². The maximum atomic E-state index is 5.05. The van der Waals surface area contributed by atoms with E-state index in [1.165, 1.54) is 65.2 Å². The van der Waals surface area contributed by atoms with Crippen molar-refractivity contribution in [2.45, 2.75) is 50.5 Å². The Balaban J connectivity index is 1.74. The summed E-state index contributed by atoms with van der Waals surface area (Å²) in [4.78, 5) is 6.55. The first-order chi connectivity index (χ1) is 10.4. The van der Waals surface area contributed by atoms with E-state index in [2.05, 4.69) is 36.6 Å². The molecule has 4 rings (SSSR count). The highest BCUT2D eigenvalue weighted by atomic mass is 32.1. The van der Waals surface area contributed by atoms with Crippen molar-refractivity contribution in [1.82, 2.24) is 10.3 Å². The fourth-order valence-corrected chi connectivity index (χ4v) is 5.29. The Morgan fingerprint density at radius 2 is 2.00 bits per heavy atom. The van der Waals surface area contributed by atoms with E-state index in [4.69, 9.17) is 4.98 Å². The summed E-state index contributed by atoms with van der Waals surface area (Å²) in [5.41, 5.74) is 4.42. The van der Waals surface area contributed by atoms with Gasteiger partial charge in [-0.2, -0.15) is 0 Å². The number of benzene rings is 1. The Morgan fingerprint density at radius 1 is 1.14 bits per heavy atom. The molecular formula is C18H22N2S. The van der Waals surface area contributed by atoms with Crippen LogP contribution < -0.4 is 5.32 Å². The van der Waals surface area contributed by atoms with Gasteiger partial charge in [-0.1, -0.05) is 24.3 Å². The summed E-state index contributed by atoms with van der Waals surface area (Å²) in [5, 5.41) is 4.82. The normalized spacial score (nSPS) is 24.4. The van der Waals surface area contributed by atoms with Gasteiger partial charge in [0.25, 0.3) is 0 Å². The molecule has 21 heavy (non-hydrogen) atoms. The highest BCUT2D eigenvalue weighted by Crippen LogP contribution is 2.42. The molecule has 2 aliphatic rings. The molecule has 1 aromatic carbocycles. The van der Waals surface area contributed by atoms with Crippen LogP contribution in [0.3, 0.4) is 0 Å². The molecule has 0 aliphatic heterocycles. The molecule has 2 nitrogen and oxygen atoms in total. The van der Waals surface area contributed by atoms with E-state index in [0.29, 0.717) is 12.0 Å². The van der Waals surface area contributed by atoms with Gasteiger partial charge in [0, 0.05) is 16.8 Å². The predicted molar refractivity (Wildman–Crippen MR) is 88.1 cm³/mol. The lowest BCUT2D eigenvalue weighted by molar-refractivity contribution is 0.500. The molecule has 2 unspecified atom stereocenters. The fraction of sp³-hybridized carbons (Fsp3) is 0.500. The number of thiazole rings is 1. The molecule has 110 valence electrons. The number of hydrogen-bond donors (Lipinski definition) is 1. The summed E-state index contributed by atoms with van der Waals surface area (Å²) in [6.07, 6.45) is 7.47. The zero-order valence-electron chi connectivity index (χ0n) is 12.6. The summed E-state index contributed by atoms with van der Waals surface area (Å²) in [5.74, 6) is 0.531. The van der Waals surface area contributed by atoms with Crippen molar-refractivity contribution in [1.29, 1.82) is 0 Å². The Labute approximate surface area is 130 Å². The lowest BCUT2D eigenvalue weighted by atomic mass is 9.83. The van der Waals surface area contributed by atoms with Crippen LogP contribution in [-0.2, 0) is 12.8 Å². The molecule has 2 aliphatic carbocycles. The van der Waals surface area contributed by atoms with E-state index >= 15 is 0 Å². The van der Waals surface area contributed by atoms with Crippen LogP contribution in [0.4, 0.5) is 0 Å². The van der Waals surface area contributed by atoms with Crippen molar-refractivity contribution in [3.8, 4) is 0 Å². The summed E-state index contributed by atoms with van der Waals surface area (Å²) >= 11 is 1.96. The van der Waals surface area contributed by atoms with Gasteiger partial charge in [-0.05, 0) is 56.7 Å². The van der Waals surface area contributed by atoms with Gasteiger partial charge in [0.2, 0.25) is 0 Å². The van der Waals surface area contributed by atoms with E-state index < -0.39 is 0 Å². The third kappa shape index (κ3) is 2.33. The van der Waals surface area contributed by atoms with Gasteiger partial charge in [0.1, 0.15) is 5.01 Å². The van der Waals surface area contributed by atoms with Crippen molar-refractivity contribution >= 4 is 11.3 Å². The first-order valence-electron chi connectivity index (χ1n) is 8.11. The first kappa shape index (κ1) is 13.5. The number of nitrogens with one attached hydrogen (secondary N) is 1. The van der Waals surface area contributed by atoms with E-state index in [-0.39, 0.29) is 0 Å². The highest BCUT2D eigenvalue weighted by Gasteiger charge is 2.29. The minimum atomic E-state index is 0.527.